The molecule has 0 atom stereocenters. The van der Waals surface area contributed by atoms with E-state index in [0.29, 0.717) is 4.80 Å². The topological polar surface area (TPSA) is 71.7 Å². The molecule has 1 aromatic heterocycles. The highest BCUT2D eigenvalue weighted by Crippen LogP contribution is 2.15. The van der Waals surface area contributed by atoms with Crippen LogP contribution in [-0.2, 0) is 21.4 Å². The van der Waals surface area contributed by atoms with Crippen molar-refractivity contribution in [2.24, 2.45) is 12.0 Å². The zero-order valence-corrected chi connectivity index (χ0v) is 12.2. The first kappa shape index (κ1) is 13.7. The highest BCUT2D eigenvalue weighted by molar-refractivity contribution is 7.16. The lowest BCUT2D eigenvalue weighted by Gasteiger charge is -2.09. The Bertz CT molecular complexity index is 802. The number of hydrogen-bond donors (Lipinski definition) is 0. The third kappa shape index (κ3) is 2.52. The van der Waals surface area contributed by atoms with Crippen LogP contribution in [0.2, 0.25) is 0 Å². The molecule has 21 heavy (non-hydrogen) atoms. The number of nitrogens with zero attached hydrogens (tertiary/aromatic N) is 3. The van der Waals surface area contributed by atoms with Crippen LogP contribution in [0.25, 0.3) is 10.2 Å². The molecule has 0 N–H and O–H groups in total. The normalized spacial score (nSPS) is 16.2. The summed E-state index contributed by atoms with van der Waals surface area (Å²) in [6.45, 7) is -0.272. The van der Waals surface area contributed by atoms with Crippen LogP contribution >= 0.6 is 11.3 Å². The van der Waals surface area contributed by atoms with E-state index in [1.165, 1.54) is 11.3 Å². The highest BCUT2D eigenvalue weighted by atomic mass is 32.1. The maximum atomic E-state index is 12.0. The number of aryl methyl sites for hydroxylation is 1. The Kier molecular flexibility index (Phi) is 3.42. The van der Waals surface area contributed by atoms with E-state index >= 15 is 0 Å². The van der Waals surface area contributed by atoms with Gasteiger partial charge in [0.2, 0.25) is 11.8 Å². The SMILES string of the molecule is Cn1c(=NC(=O)CN2C(=O)CCC2=O)sc2ccccc21. The van der Waals surface area contributed by atoms with Gasteiger partial charge in [0.05, 0.1) is 10.2 Å². The molecule has 2 heterocycles. The molecule has 0 unspecified atom stereocenters. The fourth-order valence-electron chi connectivity index (χ4n) is 2.26. The molecule has 3 rings (SSSR count). The van der Waals surface area contributed by atoms with Gasteiger partial charge in [-0.1, -0.05) is 23.5 Å². The first-order valence-corrected chi connectivity index (χ1v) is 7.33. The summed E-state index contributed by atoms with van der Waals surface area (Å²) in [4.78, 5) is 40.5. The highest BCUT2D eigenvalue weighted by Gasteiger charge is 2.30. The molecule has 0 saturated carbocycles. The molecule has 108 valence electrons. The van der Waals surface area contributed by atoms with E-state index < -0.39 is 5.91 Å². The minimum absolute atomic E-state index is 0.183. The first-order valence-electron chi connectivity index (χ1n) is 6.51. The molecule has 0 bridgehead atoms. The fraction of sp³-hybridized carbons (Fsp3) is 0.286. The molecule has 2 aromatic rings. The number of thiazole rings is 1. The van der Waals surface area contributed by atoms with Crippen LogP contribution in [0.4, 0.5) is 0 Å². The lowest BCUT2D eigenvalue weighted by atomic mass is 10.3. The Labute approximate surface area is 124 Å². The average molecular weight is 303 g/mol. The van der Waals surface area contributed by atoms with Gasteiger partial charge in [0.25, 0.3) is 5.91 Å². The molecule has 6 nitrogen and oxygen atoms in total. The van der Waals surface area contributed by atoms with Gasteiger partial charge < -0.3 is 4.57 Å². The van der Waals surface area contributed by atoms with Crippen LogP contribution in [0, 0.1) is 0 Å². The number of carbonyl (C=O) groups excluding carboxylic acids is 3. The predicted molar refractivity (Wildman–Crippen MR) is 77.3 cm³/mol. The summed E-state index contributed by atoms with van der Waals surface area (Å²) in [7, 11) is 1.83. The maximum Gasteiger partial charge on any atom is 0.268 e. The van der Waals surface area contributed by atoms with Crippen molar-refractivity contribution in [2.75, 3.05) is 6.54 Å². The Morgan fingerprint density at radius 1 is 1.24 bits per heavy atom. The number of amides is 3. The molecule has 1 aliphatic rings. The van der Waals surface area contributed by atoms with Crippen molar-refractivity contribution < 1.29 is 14.4 Å². The van der Waals surface area contributed by atoms with Gasteiger partial charge in [-0.2, -0.15) is 4.99 Å². The molecular formula is C14H13N3O3S. The maximum absolute atomic E-state index is 12.0. The average Bonchev–Trinajstić information content (AvgIpc) is 2.94. The number of hydrogen-bond acceptors (Lipinski definition) is 4. The standard InChI is InChI=1S/C14H13N3O3S/c1-16-9-4-2-3-5-10(9)21-14(16)15-11(18)8-17-12(19)6-7-13(17)20/h2-5H,6-8H2,1H3. The molecule has 0 aliphatic carbocycles. The summed E-state index contributed by atoms with van der Waals surface area (Å²) in [5.74, 6) is -1.09. The van der Waals surface area contributed by atoms with E-state index in [1.807, 2.05) is 35.9 Å². The molecule has 0 radical (unpaired) electrons. The van der Waals surface area contributed by atoms with Crippen molar-refractivity contribution in [3.05, 3.63) is 29.1 Å². The number of imide groups is 1. The van der Waals surface area contributed by atoms with E-state index in [9.17, 15) is 14.4 Å². The van der Waals surface area contributed by atoms with Gasteiger partial charge in [0, 0.05) is 19.9 Å². The molecule has 0 spiro atoms. The number of rotatable bonds is 2. The van der Waals surface area contributed by atoms with Crippen molar-refractivity contribution in [2.45, 2.75) is 12.8 Å². The van der Waals surface area contributed by atoms with Crippen molar-refractivity contribution in [3.63, 3.8) is 0 Å². The van der Waals surface area contributed by atoms with E-state index in [1.54, 1.807) is 0 Å². The Balaban J connectivity index is 1.89. The zero-order chi connectivity index (χ0) is 15.0. The number of para-hydroxylation sites is 1. The number of benzene rings is 1. The molecule has 1 aromatic carbocycles. The monoisotopic (exact) mass is 303 g/mol. The van der Waals surface area contributed by atoms with E-state index in [0.717, 1.165) is 15.1 Å². The largest absolute Gasteiger partial charge is 0.319 e. The summed E-state index contributed by atoms with van der Waals surface area (Å²) in [5, 5.41) is 0. The second-order valence-electron chi connectivity index (χ2n) is 4.79. The second-order valence-corrected chi connectivity index (χ2v) is 5.80. The predicted octanol–water partition coefficient (Wildman–Crippen LogP) is 0.816. The summed E-state index contributed by atoms with van der Waals surface area (Å²) < 4.78 is 2.85. The number of likely N-dealkylation sites (tertiary alicyclic amines) is 1. The van der Waals surface area contributed by atoms with Gasteiger partial charge in [0.15, 0.2) is 4.80 Å². The van der Waals surface area contributed by atoms with Gasteiger partial charge in [-0.15, -0.1) is 0 Å². The second kappa shape index (κ2) is 5.25. The summed E-state index contributed by atoms with van der Waals surface area (Å²) in [6, 6.07) is 7.74. The van der Waals surface area contributed by atoms with Gasteiger partial charge in [0.1, 0.15) is 6.54 Å². The van der Waals surface area contributed by atoms with Crippen LogP contribution in [0.15, 0.2) is 29.3 Å². The van der Waals surface area contributed by atoms with E-state index in [-0.39, 0.29) is 31.2 Å². The Hall–Kier alpha value is -2.28. The van der Waals surface area contributed by atoms with Crippen LogP contribution in [0.3, 0.4) is 0 Å². The van der Waals surface area contributed by atoms with Crippen molar-refractivity contribution >= 4 is 39.3 Å². The zero-order valence-electron chi connectivity index (χ0n) is 11.4. The Morgan fingerprint density at radius 2 is 1.90 bits per heavy atom. The molecule has 1 aliphatic heterocycles. The minimum atomic E-state index is -0.485. The van der Waals surface area contributed by atoms with Crippen molar-refractivity contribution in [1.29, 1.82) is 0 Å². The van der Waals surface area contributed by atoms with E-state index in [2.05, 4.69) is 4.99 Å². The van der Waals surface area contributed by atoms with Crippen molar-refractivity contribution in [1.82, 2.24) is 9.47 Å². The third-order valence-corrected chi connectivity index (χ3v) is 4.50. The van der Waals surface area contributed by atoms with E-state index in [4.69, 9.17) is 0 Å². The van der Waals surface area contributed by atoms with Crippen LogP contribution in [0.1, 0.15) is 12.8 Å². The molecular weight excluding hydrogens is 290 g/mol. The first-order chi connectivity index (χ1) is 10.1. The quantitative estimate of drug-likeness (QED) is 0.771. The third-order valence-electron chi connectivity index (χ3n) is 3.38. The van der Waals surface area contributed by atoms with Crippen molar-refractivity contribution in [3.8, 4) is 0 Å². The van der Waals surface area contributed by atoms with Gasteiger partial charge in [-0.25, -0.2) is 0 Å². The number of fused-ring (bicyclic) bond motifs is 1. The van der Waals surface area contributed by atoms with Gasteiger partial charge in [-0.3, -0.25) is 19.3 Å². The lowest BCUT2D eigenvalue weighted by Crippen LogP contribution is -2.34. The summed E-state index contributed by atoms with van der Waals surface area (Å²) in [6.07, 6.45) is 0.367. The fourth-order valence-corrected chi connectivity index (χ4v) is 3.30. The summed E-state index contributed by atoms with van der Waals surface area (Å²) >= 11 is 1.40. The number of aromatic nitrogens is 1. The smallest absolute Gasteiger partial charge is 0.268 e. The number of carbonyl (C=O) groups is 3. The Morgan fingerprint density at radius 3 is 2.57 bits per heavy atom. The van der Waals surface area contributed by atoms with Crippen LogP contribution < -0.4 is 4.80 Å². The molecule has 7 heteroatoms. The minimum Gasteiger partial charge on any atom is -0.319 e. The van der Waals surface area contributed by atoms with Crippen LogP contribution in [0.5, 0.6) is 0 Å². The van der Waals surface area contributed by atoms with Gasteiger partial charge >= 0.3 is 0 Å². The van der Waals surface area contributed by atoms with Gasteiger partial charge in [-0.05, 0) is 12.1 Å². The van der Waals surface area contributed by atoms with Crippen LogP contribution in [-0.4, -0.2) is 33.7 Å². The molecule has 1 saturated heterocycles. The lowest BCUT2D eigenvalue weighted by molar-refractivity contribution is -0.141. The molecule has 1 fully saturated rings. The molecule has 3 amide bonds. The summed E-state index contributed by atoms with van der Waals surface area (Å²) in [5.41, 5.74) is 0.988.